The zero-order chi connectivity index (χ0) is 15.4. The Morgan fingerprint density at radius 3 is 2.76 bits per heavy atom. The van der Waals surface area contributed by atoms with Crippen molar-refractivity contribution in [3.8, 4) is 0 Å². The van der Waals surface area contributed by atoms with Crippen molar-refractivity contribution >= 4 is 17.7 Å². The van der Waals surface area contributed by atoms with Crippen LogP contribution in [0.2, 0.25) is 0 Å². The van der Waals surface area contributed by atoms with Crippen LogP contribution in [0, 0.1) is 6.92 Å². The van der Waals surface area contributed by atoms with Crippen LogP contribution in [0.5, 0.6) is 0 Å². The van der Waals surface area contributed by atoms with Gasteiger partial charge >= 0.3 is 12.0 Å². The molecule has 0 fully saturated rings. The number of hydrogen-bond acceptors (Lipinski definition) is 4. The molecule has 1 aromatic heterocycles. The van der Waals surface area contributed by atoms with Gasteiger partial charge in [-0.2, -0.15) is 5.10 Å². The van der Waals surface area contributed by atoms with E-state index in [9.17, 15) is 9.59 Å². The van der Waals surface area contributed by atoms with E-state index in [1.807, 2.05) is 0 Å². The molecule has 0 spiro atoms. The van der Waals surface area contributed by atoms with E-state index in [-0.39, 0.29) is 12.1 Å². The quantitative estimate of drug-likeness (QED) is 0.782. The molecule has 1 aromatic carbocycles. The van der Waals surface area contributed by atoms with Gasteiger partial charge in [-0.25, -0.2) is 14.6 Å². The Morgan fingerprint density at radius 1 is 1.38 bits per heavy atom. The highest BCUT2D eigenvalue weighted by Crippen LogP contribution is 2.15. The average molecular weight is 289 g/mol. The fourth-order valence-corrected chi connectivity index (χ4v) is 1.73. The number of aromatic carboxylic acids is 1. The summed E-state index contributed by atoms with van der Waals surface area (Å²) in [5.74, 6) is -0.544. The van der Waals surface area contributed by atoms with Crippen molar-refractivity contribution < 1.29 is 14.7 Å². The van der Waals surface area contributed by atoms with E-state index in [1.54, 1.807) is 26.1 Å². The third-order valence-electron chi connectivity index (χ3n) is 2.78. The van der Waals surface area contributed by atoms with Gasteiger partial charge in [0.25, 0.3) is 0 Å². The minimum absolute atomic E-state index is 0.152. The molecule has 0 aliphatic heterocycles. The number of carbonyl (C=O) groups is 2. The lowest BCUT2D eigenvalue weighted by atomic mass is 10.1. The summed E-state index contributed by atoms with van der Waals surface area (Å²) < 4.78 is 1.54. The van der Waals surface area contributed by atoms with Crippen LogP contribution >= 0.6 is 0 Å². The van der Waals surface area contributed by atoms with E-state index in [0.29, 0.717) is 17.1 Å². The summed E-state index contributed by atoms with van der Waals surface area (Å²) in [6, 6.07) is 4.23. The first-order valence-corrected chi connectivity index (χ1v) is 6.19. The fourth-order valence-electron chi connectivity index (χ4n) is 1.73. The summed E-state index contributed by atoms with van der Waals surface area (Å²) in [6.45, 7) is 1.88. The third kappa shape index (κ3) is 3.78. The van der Waals surface area contributed by atoms with Crippen molar-refractivity contribution in [2.24, 2.45) is 7.05 Å². The Bertz CT molecular complexity index is 680. The topological polar surface area (TPSA) is 109 Å². The number of urea groups is 1. The van der Waals surface area contributed by atoms with Crippen LogP contribution in [0.3, 0.4) is 0 Å². The molecule has 8 heteroatoms. The van der Waals surface area contributed by atoms with Crippen molar-refractivity contribution in [3.05, 3.63) is 41.5 Å². The first-order chi connectivity index (χ1) is 9.95. The molecule has 21 heavy (non-hydrogen) atoms. The summed E-state index contributed by atoms with van der Waals surface area (Å²) in [6.07, 6.45) is 1.54. The largest absolute Gasteiger partial charge is 0.478 e. The minimum Gasteiger partial charge on any atom is -0.478 e. The summed E-state index contributed by atoms with van der Waals surface area (Å²) in [5, 5.41) is 18.2. The van der Waals surface area contributed by atoms with E-state index >= 15 is 0 Å². The zero-order valence-corrected chi connectivity index (χ0v) is 11.6. The van der Waals surface area contributed by atoms with Crippen LogP contribution in [-0.4, -0.2) is 31.9 Å². The van der Waals surface area contributed by atoms with Gasteiger partial charge in [0, 0.05) is 12.7 Å². The van der Waals surface area contributed by atoms with Crippen molar-refractivity contribution in [1.82, 2.24) is 20.1 Å². The predicted octanol–water partition coefficient (Wildman–Crippen LogP) is 1.14. The number of nitrogens with one attached hydrogen (secondary N) is 2. The Labute approximate surface area is 120 Å². The summed E-state index contributed by atoms with van der Waals surface area (Å²) in [5.41, 5.74) is 1.19. The average Bonchev–Trinajstić information content (AvgIpc) is 2.84. The number of aromatic nitrogens is 3. The first-order valence-electron chi connectivity index (χ1n) is 6.19. The first kappa shape index (κ1) is 14.5. The maximum absolute atomic E-state index is 11.7. The highest BCUT2D eigenvalue weighted by Gasteiger charge is 2.09. The van der Waals surface area contributed by atoms with Gasteiger partial charge in [0.15, 0.2) is 5.82 Å². The van der Waals surface area contributed by atoms with Crippen LogP contribution in [0.4, 0.5) is 10.5 Å². The molecule has 2 rings (SSSR count). The molecular formula is C13H15N5O3. The van der Waals surface area contributed by atoms with Crippen LogP contribution in [-0.2, 0) is 13.6 Å². The summed E-state index contributed by atoms with van der Waals surface area (Å²) >= 11 is 0. The monoisotopic (exact) mass is 289 g/mol. The maximum Gasteiger partial charge on any atom is 0.336 e. The Kier molecular flexibility index (Phi) is 4.17. The van der Waals surface area contributed by atoms with Gasteiger partial charge in [0.2, 0.25) is 0 Å². The van der Waals surface area contributed by atoms with E-state index in [4.69, 9.17) is 5.11 Å². The normalized spacial score (nSPS) is 10.2. The molecule has 2 amide bonds. The van der Waals surface area contributed by atoms with E-state index < -0.39 is 12.0 Å². The third-order valence-corrected chi connectivity index (χ3v) is 2.78. The Morgan fingerprint density at radius 2 is 2.14 bits per heavy atom. The zero-order valence-electron chi connectivity index (χ0n) is 11.6. The predicted molar refractivity (Wildman–Crippen MR) is 75.0 cm³/mol. The number of carbonyl (C=O) groups excluding carboxylic acids is 1. The number of benzene rings is 1. The molecule has 0 saturated carbocycles. The highest BCUT2D eigenvalue weighted by atomic mass is 16.4. The summed E-state index contributed by atoms with van der Waals surface area (Å²) in [7, 11) is 1.73. The highest BCUT2D eigenvalue weighted by molar-refractivity contribution is 5.94. The standard InChI is InChI=1S/C13H15N5O3/c1-8-3-4-9(5-10(8)12(19)20)16-13(21)14-6-11-15-7-18(2)17-11/h3-5,7H,6H2,1-2H3,(H,19,20)(H2,14,16,21). The molecule has 0 unspecified atom stereocenters. The fraction of sp³-hybridized carbons (Fsp3) is 0.231. The molecule has 2 aromatic rings. The molecule has 0 aliphatic rings. The second kappa shape index (κ2) is 6.04. The van der Waals surface area contributed by atoms with E-state index in [0.717, 1.165) is 0 Å². The molecule has 110 valence electrons. The lowest BCUT2D eigenvalue weighted by molar-refractivity contribution is 0.0696. The number of hydrogen-bond donors (Lipinski definition) is 3. The molecule has 0 bridgehead atoms. The Hall–Kier alpha value is -2.90. The van der Waals surface area contributed by atoms with Gasteiger partial charge in [0.1, 0.15) is 6.33 Å². The van der Waals surface area contributed by atoms with Gasteiger partial charge in [-0.15, -0.1) is 0 Å². The van der Waals surface area contributed by atoms with E-state index in [2.05, 4.69) is 20.7 Å². The van der Waals surface area contributed by atoms with Crippen molar-refractivity contribution in [2.75, 3.05) is 5.32 Å². The second-order valence-corrected chi connectivity index (χ2v) is 4.48. The van der Waals surface area contributed by atoms with Gasteiger partial charge in [-0.3, -0.25) is 4.68 Å². The molecule has 0 radical (unpaired) electrons. The van der Waals surface area contributed by atoms with E-state index in [1.165, 1.54) is 17.1 Å². The van der Waals surface area contributed by atoms with Crippen molar-refractivity contribution in [3.63, 3.8) is 0 Å². The van der Waals surface area contributed by atoms with Gasteiger partial charge in [-0.05, 0) is 24.6 Å². The Balaban J connectivity index is 1.96. The number of nitrogens with zero attached hydrogens (tertiary/aromatic N) is 3. The molecule has 0 saturated heterocycles. The van der Waals surface area contributed by atoms with Gasteiger partial charge in [0.05, 0.1) is 12.1 Å². The van der Waals surface area contributed by atoms with Crippen LogP contribution < -0.4 is 10.6 Å². The smallest absolute Gasteiger partial charge is 0.336 e. The lowest BCUT2D eigenvalue weighted by Crippen LogP contribution is -2.28. The number of amides is 2. The molecule has 3 N–H and O–H groups in total. The minimum atomic E-state index is -1.03. The van der Waals surface area contributed by atoms with Gasteiger partial charge in [-0.1, -0.05) is 6.07 Å². The number of anilines is 1. The number of carboxylic acid groups (broad SMARTS) is 1. The number of aryl methyl sites for hydroxylation is 2. The van der Waals surface area contributed by atoms with Crippen LogP contribution in [0.15, 0.2) is 24.5 Å². The number of rotatable bonds is 4. The molecule has 0 atom stereocenters. The summed E-state index contributed by atoms with van der Waals surface area (Å²) in [4.78, 5) is 26.7. The number of carboxylic acids is 1. The maximum atomic E-state index is 11.7. The van der Waals surface area contributed by atoms with Gasteiger partial charge < -0.3 is 15.7 Å². The lowest BCUT2D eigenvalue weighted by Gasteiger charge is -2.08. The van der Waals surface area contributed by atoms with Crippen LogP contribution in [0.1, 0.15) is 21.7 Å². The van der Waals surface area contributed by atoms with Crippen molar-refractivity contribution in [2.45, 2.75) is 13.5 Å². The van der Waals surface area contributed by atoms with Crippen LogP contribution in [0.25, 0.3) is 0 Å². The SMILES string of the molecule is Cc1ccc(NC(=O)NCc2ncn(C)n2)cc1C(=O)O. The van der Waals surface area contributed by atoms with Crippen molar-refractivity contribution in [1.29, 1.82) is 0 Å². The molecule has 0 aliphatic carbocycles. The molecular weight excluding hydrogens is 274 g/mol. The second-order valence-electron chi connectivity index (χ2n) is 4.48. The molecule has 8 nitrogen and oxygen atoms in total. The molecule has 1 heterocycles.